The maximum atomic E-state index is 11.7. The Morgan fingerprint density at radius 3 is 2.94 bits per heavy atom. The third kappa shape index (κ3) is 1.77. The molecule has 0 saturated carbocycles. The zero-order valence-electron chi connectivity index (χ0n) is 9.21. The van der Waals surface area contributed by atoms with Gasteiger partial charge in [-0.05, 0) is 19.1 Å². The van der Waals surface area contributed by atoms with E-state index in [1.54, 1.807) is 18.2 Å². The second-order valence-corrected chi connectivity index (χ2v) is 3.76. The molecule has 1 amide bonds. The van der Waals surface area contributed by atoms with Gasteiger partial charge in [0.15, 0.2) is 6.61 Å². The van der Waals surface area contributed by atoms with Crippen LogP contribution in [0.15, 0.2) is 18.2 Å². The Hall–Kier alpha value is -2.24. The number of nitrogens with two attached hydrogens (primary N) is 1. The number of carbonyl (C=O) groups excluding carboxylic acids is 1. The van der Waals surface area contributed by atoms with Crippen LogP contribution in [0.4, 0.5) is 11.4 Å². The number of hydrogen-bond acceptors (Lipinski definition) is 4. The van der Waals surface area contributed by atoms with Crippen molar-refractivity contribution in [2.75, 3.05) is 17.2 Å². The highest BCUT2D eigenvalue weighted by atomic mass is 16.5. The topological polar surface area (TPSA) is 92.9 Å². The lowest BCUT2D eigenvalue weighted by molar-refractivity contribution is -0.140. The van der Waals surface area contributed by atoms with E-state index in [-0.39, 0.29) is 6.61 Å². The smallest absolute Gasteiger partial charge is 0.326 e. The molecule has 0 radical (unpaired) electrons. The first-order chi connectivity index (χ1) is 8.02. The highest BCUT2D eigenvalue weighted by Gasteiger charge is 2.34. The molecule has 1 aromatic rings. The van der Waals surface area contributed by atoms with Crippen LogP contribution in [-0.2, 0) is 9.59 Å². The third-order valence-corrected chi connectivity index (χ3v) is 2.64. The summed E-state index contributed by atoms with van der Waals surface area (Å²) in [6.07, 6.45) is 0. The number of hydrogen-bond donors (Lipinski definition) is 2. The second kappa shape index (κ2) is 3.97. The molecule has 3 N–H and O–H groups in total. The minimum Gasteiger partial charge on any atom is -0.481 e. The van der Waals surface area contributed by atoms with Gasteiger partial charge in [-0.25, -0.2) is 4.79 Å². The number of nitrogens with zero attached hydrogens (tertiary/aromatic N) is 1. The summed E-state index contributed by atoms with van der Waals surface area (Å²) in [5, 5.41) is 8.99. The van der Waals surface area contributed by atoms with Crippen LogP contribution in [0, 0.1) is 0 Å². The summed E-state index contributed by atoms with van der Waals surface area (Å²) in [7, 11) is 0. The number of ether oxygens (including phenoxy) is 1. The lowest BCUT2D eigenvalue weighted by Gasteiger charge is -2.32. The SMILES string of the molecule is CC(C(=O)O)N1C(=O)COc2cccc(N)c21. The monoisotopic (exact) mass is 236 g/mol. The zero-order valence-corrected chi connectivity index (χ0v) is 9.21. The fourth-order valence-electron chi connectivity index (χ4n) is 1.77. The summed E-state index contributed by atoms with van der Waals surface area (Å²) in [5.74, 6) is -1.07. The number of carboxylic acid groups (broad SMARTS) is 1. The molecule has 1 aliphatic rings. The molecule has 0 aliphatic carbocycles. The number of benzene rings is 1. The molecule has 1 aromatic carbocycles. The van der Waals surface area contributed by atoms with Crippen LogP contribution in [0.25, 0.3) is 0 Å². The van der Waals surface area contributed by atoms with Gasteiger partial charge in [-0.2, -0.15) is 0 Å². The Morgan fingerprint density at radius 2 is 2.29 bits per heavy atom. The van der Waals surface area contributed by atoms with Crippen LogP contribution in [-0.4, -0.2) is 29.6 Å². The Bertz CT molecular complexity index is 486. The standard InChI is InChI=1S/C11H12N2O4/c1-6(11(15)16)13-9(14)5-17-8-4-2-3-7(12)10(8)13/h2-4,6H,5,12H2,1H3,(H,15,16). The number of carbonyl (C=O) groups is 2. The lowest BCUT2D eigenvalue weighted by Crippen LogP contribution is -2.48. The first-order valence-electron chi connectivity index (χ1n) is 5.08. The molecule has 0 bridgehead atoms. The summed E-state index contributed by atoms with van der Waals surface area (Å²) in [5.41, 5.74) is 6.42. The first-order valence-corrected chi connectivity index (χ1v) is 5.08. The molecule has 90 valence electrons. The number of para-hydroxylation sites is 1. The zero-order chi connectivity index (χ0) is 12.6. The summed E-state index contributed by atoms with van der Waals surface area (Å²) >= 11 is 0. The van der Waals surface area contributed by atoms with Crippen molar-refractivity contribution in [2.24, 2.45) is 0 Å². The van der Waals surface area contributed by atoms with E-state index in [1.807, 2.05) is 0 Å². The van der Waals surface area contributed by atoms with Crippen LogP contribution < -0.4 is 15.4 Å². The minimum atomic E-state index is -1.09. The predicted octanol–water partition coefficient (Wildman–Crippen LogP) is 0.467. The maximum absolute atomic E-state index is 11.7. The summed E-state index contributed by atoms with van der Waals surface area (Å²) < 4.78 is 5.21. The molecule has 1 heterocycles. The van der Waals surface area contributed by atoms with Gasteiger partial charge >= 0.3 is 5.97 Å². The summed E-state index contributed by atoms with van der Waals surface area (Å²) in [6, 6.07) is 3.96. The van der Waals surface area contributed by atoms with Gasteiger partial charge in [0.05, 0.1) is 5.69 Å². The normalized spacial score (nSPS) is 16.1. The van der Waals surface area contributed by atoms with E-state index in [0.717, 1.165) is 4.90 Å². The van der Waals surface area contributed by atoms with Gasteiger partial charge < -0.3 is 15.6 Å². The largest absolute Gasteiger partial charge is 0.481 e. The van der Waals surface area contributed by atoms with Gasteiger partial charge in [0.2, 0.25) is 0 Å². The molecule has 0 saturated heterocycles. The number of anilines is 2. The van der Waals surface area contributed by atoms with Gasteiger partial charge in [-0.15, -0.1) is 0 Å². The van der Waals surface area contributed by atoms with E-state index in [9.17, 15) is 9.59 Å². The number of nitrogen functional groups attached to an aromatic ring is 1. The molecule has 1 aliphatic heterocycles. The van der Waals surface area contributed by atoms with Crippen molar-refractivity contribution in [2.45, 2.75) is 13.0 Å². The molecule has 17 heavy (non-hydrogen) atoms. The highest BCUT2D eigenvalue weighted by Crippen LogP contribution is 2.38. The number of fused-ring (bicyclic) bond motifs is 1. The fourth-order valence-corrected chi connectivity index (χ4v) is 1.77. The van der Waals surface area contributed by atoms with Crippen molar-refractivity contribution in [1.29, 1.82) is 0 Å². The number of carboxylic acids is 1. The molecule has 0 aromatic heterocycles. The quantitative estimate of drug-likeness (QED) is 0.728. The van der Waals surface area contributed by atoms with E-state index >= 15 is 0 Å². The summed E-state index contributed by atoms with van der Waals surface area (Å²) in [4.78, 5) is 23.9. The number of aliphatic carboxylic acids is 1. The first kappa shape index (κ1) is 11.3. The van der Waals surface area contributed by atoms with Gasteiger partial charge in [0, 0.05) is 0 Å². The van der Waals surface area contributed by atoms with Crippen molar-refractivity contribution in [3.05, 3.63) is 18.2 Å². The van der Waals surface area contributed by atoms with Crippen LogP contribution in [0.5, 0.6) is 5.75 Å². The fraction of sp³-hybridized carbons (Fsp3) is 0.273. The van der Waals surface area contributed by atoms with Crippen molar-refractivity contribution < 1.29 is 19.4 Å². The average molecular weight is 236 g/mol. The Kier molecular flexibility index (Phi) is 2.63. The third-order valence-electron chi connectivity index (χ3n) is 2.64. The van der Waals surface area contributed by atoms with E-state index < -0.39 is 17.9 Å². The van der Waals surface area contributed by atoms with Crippen molar-refractivity contribution in [3.8, 4) is 5.75 Å². The minimum absolute atomic E-state index is 0.173. The molecule has 2 rings (SSSR count). The molecular weight excluding hydrogens is 224 g/mol. The van der Waals surface area contributed by atoms with E-state index in [2.05, 4.69) is 0 Å². The van der Waals surface area contributed by atoms with Crippen molar-refractivity contribution in [3.63, 3.8) is 0 Å². The van der Waals surface area contributed by atoms with Crippen molar-refractivity contribution >= 4 is 23.3 Å². The van der Waals surface area contributed by atoms with E-state index in [4.69, 9.17) is 15.6 Å². The van der Waals surface area contributed by atoms with Crippen molar-refractivity contribution in [1.82, 2.24) is 0 Å². The summed E-state index contributed by atoms with van der Waals surface area (Å²) in [6.45, 7) is 1.26. The average Bonchev–Trinajstić information content (AvgIpc) is 2.29. The molecule has 0 fully saturated rings. The molecule has 1 unspecified atom stereocenters. The van der Waals surface area contributed by atoms with Crippen LogP contribution in [0.3, 0.4) is 0 Å². The maximum Gasteiger partial charge on any atom is 0.326 e. The van der Waals surface area contributed by atoms with Crippen LogP contribution >= 0.6 is 0 Å². The van der Waals surface area contributed by atoms with Gasteiger partial charge in [0.1, 0.15) is 17.5 Å². The Morgan fingerprint density at radius 1 is 1.59 bits per heavy atom. The molecule has 1 atom stereocenters. The van der Waals surface area contributed by atoms with Crippen LogP contribution in [0.2, 0.25) is 0 Å². The Labute approximate surface area is 97.6 Å². The Balaban J connectivity index is 2.53. The second-order valence-electron chi connectivity index (χ2n) is 3.76. The van der Waals surface area contributed by atoms with E-state index in [1.165, 1.54) is 6.92 Å². The molecule has 6 heteroatoms. The predicted molar refractivity (Wildman–Crippen MR) is 60.9 cm³/mol. The molecule has 6 nitrogen and oxygen atoms in total. The molecule has 0 spiro atoms. The van der Waals surface area contributed by atoms with Gasteiger partial charge in [-0.1, -0.05) is 6.07 Å². The van der Waals surface area contributed by atoms with Gasteiger partial charge in [-0.3, -0.25) is 9.69 Å². The lowest BCUT2D eigenvalue weighted by atomic mass is 10.1. The van der Waals surface area contributed by atoms with E-state index in [0.29, 0.717) is 17.1 Å². The van der Waals surface area contributed by atoms with Crippen LogP contribution in [0.1, 0.15) is 6.92 Å². The molecular formula is C11H12N2O4. The number of amides is 1. The van der Waals surface area contributed by atoms with Gasteiger partial charge in [0.25, 0.3) is 5.91 Å². The highest BCUT2D eigenvalue weighted by molar-refractivity contribution is 6.05. The number of rotatable bonds is 2.